The number of hydrogen-bond acceptors (Lipinski definition) is 2. The molecule has 48 valence electrons. The number of aliphatic hydroxyl groups excluding tert-OH is 1. The van der Waals surface area contributed by atoms with E-state index in [4.69, 9.17) is 5.11 Å². The summed E-state index contributed by atoms with van der Waals surface area (Å²) in [7, 11) is 1.57. The molecule has 1 amide bonds. The van der Waals surface area contributed by atoms with Gasteiger partial charge in [-0.05, 0) is 0 Å². The Morgan fingerprint density at radius 3 is 2.50 bits per heavy atom. The molecular formula is C4H9NO2S. The van der Waals surface area contributed by atoms with Gasteiger partial charge in [-0.25, -0.2) is 0 Å². The van der Waals surface area contributed by atoms with Crippen molar-refractivity contribution in [2.75, 3.05) is 20.2 Å². The van der Waals surface area contributed by atoms with Crippen molar-refractivity contribution < 1.29 is 9.90 Å². The standard InChI is InChI=1S/C4H9NO2S/c1-5(2-3-6)4(7)8/h6H,2-3H2,1H3,(H,7,8). The van der Waals surface area contributed by atoms with E-state index in [1.54, 1.807) is 7.05 Å². The zero-order valence-corrected chi connectivity index (χ0v) is 5.56. The van der Waals surface area contributed by atoms with Crippen molar-refractivity contribution in [3.05, 3.63) is 0 Å². The normalized spacial score (nSPS) is 8.88. The van der Waals surface area contributed by atoms with Gasteiger partial charge in [0.2, 0.25) is 0 Å². The number of rotatable bonds is 2. The van der Waals surface area contributed by atoms with Crippen LogP contribution in [-0.2, 0) is 0 Å². The van der Waals surface area contributed by atoms with Gasteiger partial charge < -0.3 is 10.0 Å². The molecule has 0 aliphatic heterocycles. The number of amides is 1. The first-order chi connectivity index (χ1) is 3.68. The lowest BCUT2D eigenvalue weighted by Gasteiger charge is -2.10. The van der Waals surface area contributed by atoms with E-state index in [9.17, 15) is 4.79 Å². The van der Waals surface area contributed by atoms with Gasteiger partial charge in [-0.15, -0.1) is 0 Å². The Morgan fingerprint density at radius 2 is 2.38 bits per heavy atom. The topological polar surface area (TPSA) is 40.5 Å². The zero-order chi connectivity index (χ0) is 6.57. The van der Waals surface area contributed by atoms with Crippen LogP contribution in [0.5, 0.6) is 0 Å². The molecular weight excluding hydrogens is 126 g/mol. The summed E-state index contributed by atoms with van der Waals surface area (Å²) in [4.78, 5) is 11.5. The van der Waals surface area contributed by atoms with Crippen molar-refractivity contribution in [1.29, 1.82) is 0 Å². The second-order valence-corrected chi connectivity index (χ2v) is 1.81. The molecule has 8 heavy (non-hydrogen) atoms. The molecule has 0 heterocycles. The highest BCUT2D eigenvalue weighted by molar-refractivity contribution is 7.96. The minimum atomic E-state index is -0.320. The lowest BCUT2D eigenvalue weighted by Crippen LogP contribution is -2.24. The van der Waals surface area contributed by atoms with Gasteiger partial charge in [0.25, 0.3) is 5.24 Å². The maximum absolute atomic E-state index is 10.2. The predicted molar refractivity (Wildman–Crippen MR) is 34.1 cm³/mol. The fraction of sp³-hybridized carbons (Fsp3) is 0.750. The van der Waals surface area contributed by atoms with Crippen LogP contribution < -0.4 is 0 Å². The van der Waals surface area contributed by atoms with E-state index in [2.05, 4.69) is 12.6 Å². The average molecular weight is 135 g/mol. The summed E-state index contributed by atoms with van der Waals surface area (Å²) in [6.45, 7) is 0.338. The van der Waals surface area contributed by atoms with Crippen LogP contribution in [0, 0.1) is 0 Å². The molecule has 0 aliphatic rings. The Hall–Kier alpha value is -0.220. The van der Waals surface area contributed by atoms with Crippen molar-refractivity contribution in [2.45, 2.75) is 0 Å². The van der Waals surface area contributed by atoms with Crippen molar-refractivity contribution in [3.63, 3.8) is 0 Å². The van der Waals surface area contributed by atoms with Gasteiger partial charge in [0.05, 0.1) is 6.61 Å². The summed E-state index contributed by atoms with van der Waals surface area (Å²) < 4.78 is 0. The van der Waals surface area contributed by atoms with Crippen molar-refractivity contribution in [2.24, 2.45) is 0 Å². The van der Waals surface area contributed by atoms with E-state index in [1.807, 2.05) is 0 Å². The Bertz CT molecular complexity index is 86.1. The minimum Gasteiger partial charge on any atom is -0.395 e. The largest absolute Gasteiger partial charge is 0.395 e. The number of carbonyl (C=O) groups excluding carboxylic acids is 1. The second kappa shape index (κ2) is 3.74. The summed E-state index contributed by atoms with van der Waals surface area (Å²) >= 11 is 3.50. The zero-order valence-electron chi connectivity index (χ0n) is 4.66. The first-order valence-corrected chi connectivity index (χ1v) is 2.68. The summed E-state index contributed by atoms with van der Waals surface area (Å²) in [5.74, 6) is 0. The summed E-state index contributed by atoms with van der Waals surface area (Å²) in [6, 6.07) is 0. The van der Waals surface area contributed by atoms with Gasteiger partial charge >= 0.3 is 0 Å². The van der Waals surface area contributed by atoms with Gasteiger partial charge in [0, 0.05) is 13.6 Å². The molecule has 0 rings (SSSR count). The van der Waals surface area contributed by atoms with Gasteiger partial charge in [-0.1, -0.05) is 12.6 Å². The summed E-state index contributed by atoms with van der Waals surface area (Å²) in [5.41, 5.74) is 0. The number of nitrogens with zero attached hydrogens (tertiary/aromatic N) is 1. The van der Waals surface area contributed by atoms with Gasteiger partial charge in [0.15, 0.2) is 0 Å². The van der Waals surface area contributed by atoms with Crippen LogP contribution in [0.2, 0.25) is 0 Å². The van der Waals surface area contributed by atoms with Crippen LogP contribution in [0.4, 0.5) is 4.79 Å². The number of hydrogen-bond donors (Lipinski definition) is 2. The molecule has 0 unspecified atom stereocenters. The van der Waals surface area contributed by atoms with Gasteiger partial charge in [-0.3, -0.25) is 4.79 Å². The van der Waals surface area contributed by atoms with Crippen molar-refractivity contribution in [1.82, 2.24) is 4.90 Å². The van der Waals surface area contributed by atoms with E-state index in [0.717, 1.165) is 0 Å². The molecule has 0 aromatic rings. The van der Waals surface area contributed by atoms with Crippen LogP contribution >= 0.6 is 12.6 Å². The quantitative estimate of drug-likeness (QED) is 0.522. The SMILES string of the molecule is CN(CCO)C(=O)S. The molecule has 0 spiro atoms. The monoisotopic (exact) mass is 135 g/mol. The Balaban J connectivity index is 3.32. The van der Waals surface area contributed by atoms with E-state index in [1.165, 1.54) is 4.90 Å². The highest BCUT2D eigenvalue weighted by Gasteiger charge is 1.98. The van der Waals surface area contributed by atoms with Crippen molar-refractivity contribution >= 4 is 17.9 Å². The lowest BCUT2D eigenvalue weighted by atomic mass is 10.6. The van der Waals surface area contributed by atoms with Crippen LogP contribution in [0.25, 0.3) is 0 Å². The molecule has 1 N–H and O–H groups in total. The Morgan fingerprint density at radius 1 is 1.88 bits per heavy atom. The third-order valence-electron chi connectivity index (χ3n) is 0.762. The maximum atomic E-state index is 10.2. The molecule has 0 aliphatic carbocycles. The number of aliphatic hydroxyl groups is 1. The third-order valence-corrected chi connectivity index (χ3v) is 1.10. The second-order valence-electron chi connectivity index (χ2n) is 1.43. The molecule has 0 fully saturated rings. The van der Waals surface area contributed by atoms with E-state index >= 15 is 0 Å². The van der Waals surface area contributed by atoms with E-state index < -0.39 is 0 Å². The molecule has 0 radical (unpaired) electrons. The fourth-order valence-corrected chi connectivity index (χ4v) is 0.346. The molecule has 0 saturated carbocycles. The van der Waals surface area contributed by atoms with Crippen LogP contribution in [0.3, 0.4) is 0 Å². The highest BCUT2D eigenvalue weighted by Crippen LogP contribution is 1.88. The molecule has 0 aromatic carbocycles. The lowest BCUT2D eigenvalue weighted by molar-refractivity contribution is 0.211. The predicted octanol–water partition coefficient (Wildman–Crippen LogP) is -0.0397. The number of likely N-dealkylation sites (N-methyl/N-ethyl adjacent to an activating group) is 1. The molecule has 0 bridgehead atoms. The molecule has 3 nitrogen and oxygen atoms in total. The van der Waals surface area contributed by atoms with Gasteiger partial charge in [0.1, 0.15) is 0 Å². The number of carbonyl (C=O) groups is 1. The van der Waals surface area contributed by atoms with E-state index in [-0.39, 0.29) is 11.8 Å². The van der Waals surface area contributed by atoms with Crippen LogP contribution in [0.15, 0.2) is 0 Å². The minimum absolute atomic E-state index is 0.0111. The molecule has 0 saturated heterocycles. The molecule has 0 atom stereocenters. The first-order valence-electron chi connectivity index (χ1n) is 2.23. The summed E-state index contributed by atoms with van der Waals surface area (Å²) in [5, 5.41) is 7.94. The molecule has 0 aromatic heterocycles. The van der Waals surface area contributed by atoms with Gasteiger partial charge in [-0.2, -0.15) is 0 Å². The molecule has 4 heteroatoms. The number of thiol groups is 1. The van der Waals surface area contributed by atoms with E-state index in [0.29, 0.717) is 6.54 Å². The smallest absolute Gasteiger partial charge is 0.278 e. The average Bonchev–Trinajstić information content (AvgIpc) is 1.67. The first kappa shape index (κ1) is 7.78. The van der Waals surface area contributed by atoms with Crippen LogP contribution in [0.1, 0.15) is 0 Å². The van der Waals surface area contributed by atoms with Crippen molar-refractivity contribution in [3.8, 4) is 0 Å². The van der Waals surface area contributed by atoms with Crippen LogP contribution in [-0.4, -0.2) is 35.4 Å². The third kappa shape index (κ3) is 2.87. The highest BCUT2D eigenvalue weighted by atomic mass is 32.1. The fourth-order valence-electron chi connectivity index (χ4n) is 0.246. The Kier molecular flexibility index (Phi) is 3.64. The Labute approximate surface area is 53.7 Å². The maximum Gasteiger partial charge on any atom is 0.278 e. The summed E-state index contributed by atoms with van der Waals surface area (Å²) in [6.07, 6.45) is 0.